The molecule has 25 heavy (non-hydrogen) atoms. The summed E-state index contributed by atoms with van der Waals surface area (Å²) in [7, 11) is 0. The van der Waals surface area contributed by atoms with Gasteiger partial charge in [0.25, 0.3) is 0 Å². The maximum atomic E-state index is 11.3. The lowest BCUT2D eigenvalue weighted by Gasteiger charge is -2.26. The Bertz CT molecular complexity index is 854. The van der Waals surface area contributed by atoms with E-state index in [4.69, 9.17) is 0 Å². The van der Waals surface area contributed by atoms with Gasteiger partial charge in [-0.15, -0.1) is 0 Å². The third kappa shape index (κ3) is 3.65. The number of phenols is 1. The van der Waals surface area contributed by atoms with Crippen LogP contribution in [-0.2, 0) is 5.60 Å². The van der Waals surface area contributed by atoms with Crippen molar-refractivity contribution in [3.8, 4) is 5.75 Å². The molecule has 3 aromatic carbocycles. The molecule has 1 atom stereocenters. The minimum Gasteiger partial charge on any atom is -0.507 e. The highest BCUT2D eigenvalue weighted by molar-refractivity contribution is 5.83. The van der Waals surface area contributed by atoms with E-state index in [-0.39, 0.29) is 5.75 Å². The highest BCUT2D eigenvalue weighted by Crippen LogP contribution is 2.36. The molecule has 0 radical (unpaired) electrons. The molecule has 0 aromatic heterocycles. The van der Waals surface area contributed by atoms with Gasteiger partial charge in [0.1, 0.15) is 11.4 Å². The number of aromatic hydroxyl groups is 1. The first kappa shape index (κ1) is 17.0. The molecule has 3 rings (SSSR count). The first-order chi connectivity index (χ1) is 12.1. The number of aliphatic hydroxyl groups is 1. The van der Waals surface area contributed by atoms with Crippen LogP contribution >= 0.6 is 0 Å². The number of hydrogen-bond donors (Lipinski definition) is 2. The van der Waals surface area contributed by atoms with Crippen LogP contribution in [0.25, 0.3) is 5.57 Å². The van der Waals surface area contributed by atoms with Crippen molar-refractivity contribution in [2.24, 2.45) is 0 Å². The van der Waals surface area contributed by atoms with Crippen molar-refractivity contribution in [3.05, 3.63) is 108 Å². The predicted molar refractivity (Wildman–Crippen MR) is 102 cm³/mol. The smallest absolute Gasteiger partial charge is 0.123 e. The Morgan fingerprint density at radius 2 is 1.40 bits per heavy atom. The minimum absolute atomic E-state index is 0.198. The monoisotopic (exact) mass is 330 g/mol. The molecule has 0 amide bonds. The molecule has 0 heterocycles. The molecule has 0 aliphatic heterocycles. The number of phenolic OH excluding ortho intramolecular Hbond substituents is 1. The van der Waals surface area contributed by atoms with Gasteiger partial charge in [0.2, 0.25) is 0 Å². The summed E-state index contributed by atoms with van der Waals surface area (Å²) in [4.78, 5) is 0. The highest BCUT2D eigenvalue weighted by Gasteiger charge is 2.26. The second-order valence-electron chi connectivity index (χ2n) is 6.09. The van der Waals surface area contributed by atoms with Crippen molar-refractivity contribution in [1.29, 1.82) is 0 Å². The fourth-order valence-electron chi connectivity index (χ4n) is 2.99. The molecule has 2 N–H and O–H groups in total. The van der Waals surface area contributed by atoms with Gasteiger partial charge in [0, 0.05) is 5.56 Å². The molecule has 0 fully saturated rings. The van der Waals surface area contributed by atoms with Crippen LogP contribution < -0.4 is 0 Å². The Balaban J connectivity index is 2.21. The molecular weight excluding hydrogens is 308 g/mol. The lowest BCUT2D eigenvalue weighted by atomic mass is 9.85. The van der Waals surface area contributed by atoms with Crippen LogP contribution in [0.5, 0.6) is 5.75 Å². The van der Waals surface area contributed by atoms with Crippen LogP contribution in [0.15, 0.2) is 91.0 Å². The summed E-state index contributed by atoms with van der Waals surface area (Å²) < 4.78 is 0. The molecule has 1 unspecified atom stereocenters. The van der Waals surface area contributed by atoms with Crippen molar-refractivity contribution in [2.75, 3.05) is 0 Å². The van der Waals surface area contributed by atoms with E-state index >= 15 is 0 Å². The average molecular weight is 330 g/mol. The van der Waals surface area contributed by atoms with E-state index in [1.807, 2.05) is 85.8 Å². The molecule has 0 spiro atoms. The Morgan fingerprint density at radius 1 is 0.840 bits per heavy atom. The Labute approximate surface area is 148 Å². The summed E-state index contributed by atoms with van der Waals surface area (Å²) in [5.74, 6) is 0.198. The zero-order chi connectivity index (χ0) is 17.7. The van der Waals surface area contributed by atoms with E-state index in [0.29, 0.717) is 12.0 Å². The maximum absolute atomic E-state index is 11.3. The van der Waals surface area contributed by atoms with E-state index in [1.54, 1.807) is 12.1 Å². The van der Waals surface area contributed by atoms with E-state index in [0.717, 1.165) is 16.7 Å². The number of hydrogen-bond acceptors (Lipinski definition) is 2. The number of rotatable bonds is 5. The van der Waals surface area contributed by atoms with E-state index < -0.39 is 5.60 Å². The Hall–Kier alpha value is -2.84. The third-order valence-corrected chi connectivity index (χ3v) is 4.47. The van der Waals surface area contributed by atoms with Crippen molar-refractivity contribution in [3.63, 3.8) is 0 Å². The zero-order valence-electron chi connectivity index (χ0n) is 14.3. The summed E-state index contributed by atoms with van der Waals surface area (Å²) in [5, 5.41) is 21.7. The van der Waals surface area contributed by atoms with Gasteiger partial charge in [-0.05, 0) is 35.3 Å². The topological polar surface area (TPSA) is 40.5 Å². The molecule has 2 heteroatoms. The van der Waals surface area contributed by atoms with Crippen LogP contribution in [0, 0.1) is 0 Å². The van der Waals surface area contributed by atoms with Crippen molar-refractivity contribution in [2.45, 2.75) is 18.9 Å². The van der Waals surface area contributed by atoms with Gasteiger partial charge in [0.15, 0.2) is 0 Å². The lowest BCUT2D eigenvalue weighted by molar-refractivity contribution is 0.0857. The standard InChI is InChI=1S/C23H22O2/c1-2-23(25,19-13-7-4-8-14-19)17-21(18-11-5-3-6-12-18)20-15-9-10-16-22(20)24/h3-17,24-25H,2H2,1H3/b21-17-. The normalized spacial score (nSPS) is 14.1. The first-order valence-electron chi connectivity index (χ1n) is 8.48. The maximum Gasteiger partial charge on any atom is 0.123 e. The Kier molecular flexibility index (Phi) is 5.01. The van der Waals surface area contributed by atoms with Crippen LogP contribution in [0.3, 0.4) is 0 Å². The molecule has 0 aliphatic rings. The van der Waals surface area contributed by atoms with Gasteiger partial charge in [0.05, 0.1) is 0 Å². The fourth-order valence-corrected chi connectivity index (χ4v) is 2.99. The van der Waals surface area contributed by atoms with Crippen LogP contribution in [0.1, 0.15) is 30.0 Å². The van der Waals surface area contributed by atoms with Crippen LogP contribution in [0.2, 0.25) is 0 Å². The summed E-state index contributed by atoms with van der Waals surface area (Å²) in [6.07, 6.45) is 2.38. The first-order valence-corrected chi connectivity index (χ1v) is 8.48. The molecule has 0 aliphatic carbocycles. The summed E-state index contributed by atoms with van der Waals surface area (Å²) >= 11 is 0. The van der Waals surface area contributed by atoms with Gasteiger partial charge in [-0.3, -0.25) is 0 Å². The molecule has 2 nitrogen and oxygen atoms in total. The SMILES string of the molecule is CCC(O)(/C=C(/c1ccccc1)c1ccccc1O)c1ccccc1. The van der Waals surface area contributed by atoms with E-state index in [2.05, 4.69) is 0 Å². The molecule has 126 valence electrons. The fraction of sp³-hybridized carbons (Fsp3) is 0.130. The molecular formula is C23H22O2. The molecule has 0 saturated heterocycles. The molecule has 3 aromatic rings. The van der Waals surface area contributed by atoms with Crippen molar-refractivity contribution in [1.82, 2.24) is 0 Å². The molecule has 0 saturated carbocycles. The lowest BCUT2D eigenvalue weighted by Crippen LogP contribution is -2.22. The average Bonchev–Trinajstić information content (AvgIpc) is 2.68. The van der Waals surface area contributed by atoms with Gasteiger partial charge >= 0.3 is 0 Å². The van der Waals surface area contributed by atoms with Gasteiger partial charge < -0.3 is 10.2 Å². The van der Waals surface area contributed by atoms with E-state index in [9.17, 15) is 10.2 Å². The highest BCUT2D eigenvalue weighted by atomic mass is 16.3. The van der Waals surface area contributed by atoms with E-state index in [1.165, 1.54) is 0 Å². The van der Waals surface area contributed by atoms with Gasteiger partial charge in [-0.2, -0.15) is 0 Å². The summed E-state index contributed by atoms with van der Waals surface area (Å²) in [6, 6.07) is 26.7. The predicted octanol–water partition coefficient (Wildman–Crippen LogP) is 5.12. The largest absolute Gasteiger partial charge is 0.507 e. The summed E-state index contributed by atoms with van der Waals surface area (Å²) in [5.41, 5.74) is 2.19. The number of benzene rings is 3. The molecule has 0 bridgehead atoms. The van der Waals surface area contributed by atoms with Gasteiger partial charge in [-0.1, -0.05) is 85.8 Å². The second kappa shape index (κ2) is 7.37. The summed E-state index contributed by atoms with van der Waals surface area (Å²) in [6.45, 7) is 1.96. The minimum atomic E-state index is -1.12. The van der Waals surface area contributed by atoms with Crippen molar-refractivity contribution < 1.29 is 10.2 Å². The van der Waals surface area contributed by atoms with Crippen LogP contribution in [0.4, 0.5) is 0 Å². The van der Waals surface area contributed by atoms with Crippen LogP contribution in [-0.4, -0.2) is 10.2 Å². The second-order valence-corrected chi connectivity index (χ2v) is 6.09. The van der Waals surface area contributed by atoms with Gasteiger partial charge in [-0.25, -0.2) is 0 Å². The third-order valence-electron chi connectivity index (χ3n) is 4.47. The zero-order valence-corrected chi connectivity index (χ0v) is 14.3. The number of para-hydroxylation sites is 1. The Morgan fingerprint density at radius 3 is 2.00 bits per heavy atom. The van der Waals surface area contributed by atoms with Crippen molar-refractivity contribution >= 4 is 5.57 Å². The quantitative estimate of drug-likeness (QED) is 0.681.